The summed E-state index contributed by atoms with van der Waals surface area (Å²) in [6, 6.07) is 2.87. The third kappa shape index (κ3) is 1.18. The van der Waals surface area contributed by atoms with Crippen LogP contribution in [0.2, 0.25) is 0 Å². The number of rotatable bonds is 1. The van der Waals surface area contributed by atoms with E-state index in [4.69, 9.17) is 10.8 Å². The average Bonchev–Trinajstić information content (AvgIpc) is 2.42. The van der Waals surface area contributed by atoms with Crippen molar-refractivity contribution in [1.29, 1.82) is 0 Å². The van der Waals surface area contributed by atoms with Crippen LogP contribution in [0.25, 0.3) is 5.65 Å². The van der Waals surface area contributed by atoms with Crippen LogP contribution >= 0.6 is 0 Å². The predicted octanol–water partition coefficient (Wildman–Crippen LogP) is 0.00970. The zero-order valence-electron chi connectivity index (χ0n) is 6.51. The molecule has 0 aliphatic carbocycles. The second kappa shape index (κ2) is 2.44. The summed E-state index contributed by atoms with van der Waals surface area (Å²) in [6.07, 6.45) is 1.50. The van der Waals surface area contributed by atoms with Crippen LogP contribution in [0, 0.1) is 0 Å². The molecule has 0 aromatic carbocycles. The Morgan fingerprint density at radius 2 is 2.38 bits per heavy atom. The number of carboxylic acids is 1. The quantitative estimate of drug-likeness (QED) is 0.641. The van der Waals surface area contributed by atoms with Gasteiger partial charge in [-0.2, -0.15) is 0 Å². The third-order valence-corrected chi connectivity index (χ3v) is 1.56. The van der Waals surface area contributed by atoms with Crippen LogP contribution in [0.5, 0.6) is 0 Å². The van der Waals surface area contributed by atoms with Gasteiger partial charge in [0.05, 0.1) is 0 Å². The van der Waals surface area contributed by atoms with Crippen molar-refractivity contribution in [3.05, 3.63) is 24.0 Å². The van der Waals surface area contributed by atoms with Gasteiger partial charge < -0.3 is 10.8 Å². The molecule has 0 amide bonds. The van der Waals surface area contributed by atoms with Crippen molar-refractivity contribution >= 4 is 17.4 Å². The topological polar surface area (TPSA) is 93.5 Å². The number of nitrogens with two attached hydrogens (primary N) is 1. The van der Waals surface area contributed by atoms with Gasteiger partial charge >= 0.3 is 5.97 Å². The second-order valence-corrected chi connectivity index (χ2v) is 2.49. The molecular formula is C7H6N4O2. The number of aromatic nitrogens is 3. The Labute approximate surface area is 72.6 Å². The van der Waals surface area contributed by atoms with E-state index in [1.165, 1.54) is 22.8 Å². The molecule has 0 fully saturated rings. The first kappa shape index (κ1) is 7.53. The Hall–Kier alpha value is -2.11. The summed E-state index contributed by atoms with van der Waals surface area (Å²) in [5.74, 6) is -0.752. The fourth-order valence-electron chi connectivity index (χ4n) is 1.02. The van der Waals surface area contributed by atoms with Gasteiger partial charge in [0.1, 0.15) is 5.82 Å². The number of hydrogen-bond acceptors (Lipinski definition) is 4. The highest BCUT2D eigenvalue weighted by Gasteiger charge is 2.06. The molecule has 0 saturated heterocycles. The molecule has 0 bridgehead atoms. The summed E-state index contributed by atoms with van der Waals surface area (Å²) in [7, 11) is 0. The van der Waals surface area contributed by atoms with Gasteiger partial charge in [0.15, 0.2) is 11.3 Å². The number of nitrogen functional groups attached to an aromatic ring is 1. The molecular weight excluding hydrogens is 172 g/mol. The fourth-order valence-corrected chi connectivity index (χ4v) is 1.02. The molecule has 66 valence electrons. The molecule has 0 unspecified atom stereocenters. The molecule has 2 rings (SSSR count). The number of aromatic carboxylic acids is 1. The van der Waals surface area contributed by atoms with E-state index in [0.29, 0.717) is 11.5 Å². The van der Waals surface area contributed by atoms with E-state index in [1.54, 1.807) is 0 Å². The molecule has 2 aromatic rings. The third-order valence-electron chi connectivity index (χ3n) is 1.56. The van der Waals surface area contributed by atoms with Gasteiger partial charge in [-0.15, -0.1) is 5.10 Å². The maximum atomic E-state index is 10.5. The molecule has 0 saturated carbocycles. The second-order valence-electron chi connectivity index (χ2n) is 2.49. The number of fused-ring (bicyclic) bond motifs is 1. The van der Waals surface area contributed by atoms with E-state index in [1.807, 2.05) is 0 Å². The summed E-state index contributed by atoms with van der Waals surface area (Å²) in [6.45, 7) is 0. The van der Waals surface area contributed by atoms with Crippen LogP contribution in [0.3, 0.4) is 0 Å². The Bertz CT molecular complexity index is 476. The Kier molecular flexibility index (Phi) is 1.42. The van der Waals surface area contributed by atoms with E-state index in [9.17, 15) is 4.79 Å². The Morgan fingerprint density at radius 1 is 1.62 bits per heavy atom. The van der Waals surface area contributed by atoms with Crippen molar-refractivity contribution in [3.8, 4) is 0 Å². The lowest BCUT2D eigenvalue weighted by Gasteiger charge is -1.93. The molecule has 13 heavy (non-hydrogen) atoms. The van der Waals surface area contributed by atoms with Crippen molar-refractivity contribution in [2.75, 3.05) is 5.73 Å². The highest BCUT2D eigenvalue weighted by molar-refractivity contribution is 5.85. The Balaban J connectivity index is 2.67. The maximum absolute atomic E-state index is 10.5. The molecule has 0 atom stereocenters. The van der Waals surface area contributed by atoms with Crippen molar-refractivity contribution in [1.82, 2.24) is 14.6 Å². The summed E-state index contributed by atoms with van der Waals surface area (Å²) < 4.78 is 1.42. The van der Waals surface area contributed by atoms with E-state index in [-0.39, 0.29) is 5.69 Å². The standard InChI is InChI=1S/C7H6N4O2/c8-5-3-6-9-4(7(12)13)1-2-11(6)10-5/h1-3H,(H2,8,10)(H,12,13). The fraction of sp³-hybridized carbons (Fsp3) is 0. The van der Waals surface area contributed by atoms with Crippen LogP contribution in [0.1, 0.15) is 10.5 Å². The highest BCUT2D eigenvalue weighted by atomic mass is 16.4. The molecule has 2 heterocycles. The van der Waals surface area contributed by atoms with Gasteiger partial charge in [-0.3, -0.25) is 0 Å². The number of nitrogens with zero attached hydrogens (tertiary/aromatic N) is 3. The molecule has 2 aromatic heterocycles. The molecule has 0 radical (unpaired) electrons. The predicted molar refractivity (Wildman–Crippen MR) is 44.4 cm³/mol. The smallest absolute Gasteiger partial charge is 0.354 e. The molecule has 6 nitrogen and oxygen atoms in total. The summed E-state index contributed by atoms with van der Waals surface area (Å²) in [5.41, 5.74) is 5.80. The van der Waals surface area contributed by atoms with Crippen LogP contribution < -0.4 is 5.73 Å². The van der Waals surface area contributed by atoms with Crippen molar-refractivity contribution in [2.24, 2.45) is 0 Å². The normalized spacial score (nSPS) is 10.5. The molecule has 6 heteroatoms. The zero-order valence-corrected chi connectivity index (χ0v) is 6.51. The van der Waals surface area contributed by atoms with E-state index in [2.05, 4.69) is 10.1 Å². The summed E-state index contributed by atoms with van der Waals surface area (Å²) >= 11 is 0. The maximum Gasteiger partial charge on any atom is 0.354 e. The largest absolute Gasteiger partial charge is 0.477 e. The SMILES string of the molecule is Nc1cc2nc(C(=O)O)ccn2n1. The lowest BCUT2D eigenvalue weighted by atomic mass is 10.4. The first-order chi connectivity index (χ1) is 6.16. The number of carboxylic acid groups (broad SMARTS) is 1. The first-order valence-corrected chi connectivity index (χ1v) is 3.52. The summed E-state index contributed by atoms with van der Waals surface area (Å²) in [4.78, 5) is 14.3. The van der Waals surface area contributed by atoms with Crippen molar-refractivity contribution in [3.63, 3.8) is 0 Å². The molecule has 0 spiro atoms. The van der Waals surface area contributed by atoms with E-state index < -0.39 is 5.97 Å². The van der Waals surface area contributed by atoms with E-state index >= 15 is 0 Å². The van der Waals surface area contributed by atoms with Gasteiger partial charge in [-0.25, -0.2) is 14.3 Å². The zero-order chi connectivity index (χ0) is 9.42. The van der Waals surface area contributed by atoms with Gasteiger partial charge in [0.2, 0.25) is 0 Å². The monoisotopic (exact) mass is 178 g/mol. The van der Waals surface area contributed by atoms with Crippen LogP contribution in [-0.2, 0) is 0 Å². The summed E-state index contributed by atoms with van der Waals surface area (Å²) in [5, 5.41) is 12.5. The number of anilines is 1. The van der Waals surface area contributed by atoms with Crippen LogP contribution in [-0.4, -0.2) is 25.7 Å². The van der Waals surface area contributed by atoms with Crippen molar-refractivity contribution in [2.45, 2.75) is 0 Å². The molecule has 3 N–H and O–H groups in total. The lowest BCUT2D eigenvalue weighted by molar-refractivity contribution is 0.0690. The minimum atomic E-state index is -1.07. The lowest BCUT2D eigenvalue weighted by Crippen LogP contribution is -2.01. The van der Waals surface area contributed by atoms with Crippen LogP contribution in [0.15, 0.2) is 18.3 Å². The van der Waals surface area contributed by atoms with Gasteiger partial charge in [-0.1, -0.05) is 0 Å². The minimum absolute atomic E-state index is 0.0209. The average molecular weight is 178 g/mol. The molecule has 0 aliphatic rings. The molecule has 0 aliphatic heterocycles. The Morgan fingerprint density at radius 3 is 3.08 bits per heavy atom. The highest BCUT2D eigenvalue weighted by Crippen LogP contribution is 2.05. The van der Waals surface area contributed by atoms with E-state index in [0.717, 1.165) is 0 Å². The van der Waals surface area contributed by atoms with Gasteiger partial charge in [0.25, 0.3) is 0 Å². The van der Waals surface area contributed by atoms with Gasteiger partial charge in [-0.05, 0) is 6.07 Å². The van der Waals surface area contributed by atoms with Gasteiger partial charge in [0, 0.05) is 12.3 Å². The number of hydrogen-bond donors (Lipinski definition) is 2. The first-order valence-electron chi connectivity index (χ1n) is 3.52. The van der Waals surface area contributed by atoms with Crippen LogP contribution in [0.4, 0.5) is 5.82 Å². The minimum Gasteiger partial charge on any atom is -0.477 e. The van der Waals surface area contributed by atoms with Crippen molar-refractivity contribution < 1.29 is 9.90 Å². The number of carbonyl (C=O) groups is 1.